The lowest BCUT2D eigenvalue weighted by Gasteiger charge is -2.08. The van der Waals surface area contributed by atoms with Crippen molar-refractivity contribution in [2.45, 2.75) is 0 Å². The largest absolute Gasteiger partial charge is 0.508 e. The number of benzene rings is 2. The lowest BCUT2D eigenvalue weighted by atomic mass is 9.96. The van der Waals surface area contributed by atoms with E-state index in [1.165, 1.54) is 24.4 Å². The first-order valence-corrected chi connectivity index (χ1v) is 7.76. The summed E-state index contributed by atoms with van der Waals surface area (Å²) in [6, 6.07) is 15.4. The predicted octanol–water partition coefficient (Wildman–Crippen LogP) is 3.46. The first-order chi connectivity index (χ1) is 12.1. The molecule has 0 atom stereocenters. The number of aromatic nitrogens is 2. The Morgan fingerprint density at radius 2 is 1.80 bits per heavy atom. The number of carbonyl (C=O) groups excluding carboxylic acids is 1. The fourth-order valence-electron chi connectivity index (χ4n) is 2.95. The number of aromatic hydroxyl groups is 1. The summed E-state index contributed by atoms with van der Waals surface area (Å²) in [4.78, 5) is 29.5. The average molecular weight is 330 g/mol. The molecule has 4 aromatic rings. The molecular formula is C20H14N2O3. The van der Waals surface area contributed by atoms with Gasteiger partial charge in [-0.2, -0.15) is 0 Å². The SMILES string of the molecule is O=C(c1ccc(=O)[nH]c1)c1cc(O)cc(-c2cccc3[nH]ccc23)c1. The summed E-state index contributed by atoms with van der Waals surface area (Å²) >= 11 is 0. The van der Waals surface area contributed by atoms with Crippen molar-refractivity contribution in [3.63, 3.8) is 0 Å². The van der Waals surface area contributed by atoms with Gasteiger partial charge in [0.15, 0.2) is 5.78 Å². The van der Waals surface area contributed by atoms with E-state index in [0.717, 1.165) is 22.0 Å². The summed E-state index contributed by atoms with van der Waals surface area (Å²) in [6.07, 6.45) is 3.23. The molecule has 2 aromatic carbocycles. The Morgan fingerprint density at radius 1 is 0.920 bits per heavy atom. The highest BCUT2D eigenvalue weighted by Gasteiger charge is 2.13. The summed E-state index contributed by atoms with van der Waals surface area (Å²) in [5.74, 6) is -0.257. The third-order valence-corrected chi connectivity index (χ3v) is 4.13. The van der Waals surface area contributed by atoms with Crippen LogP contribution in [-0.4, -0.2) is 20.9 Å². The maximum Gasteiger partial charge on any atom is 0.247 e. The van der Waals surface area contributed by atoms with Crippen molar-refractivity contribution in [3.05, 3.63) is 88.5 Å². The fraction of sp³-hybridized carbons (Fsp3) is 0. The van der Waals surface area contributed by atoms with E-state index in [0.29, 0.717) is 11.1 Å². The molecule has 0 bridgehead atoms. The number of carbonyl (C=O) groups is 1. The first-order valence-electron chi connectivity index (χ1n) is 7.76. The van der Waals surface area contributed by atoms with Gasteiger partial charge in [0.1, 0.15) is 5.75 Å². The van der Waals surface area contributed by atoms with E-state index < -0.39 is 0 Å². The van der Waals surface area contributed by atoms with Gasteiger partial charge in [-0.3, -0.25) is 9.59 Å². The van der Waals surface area contributed by atoms with E-state index in [-0.39, 0.29) is 17.1 Å². The lowest BCUT2D eigenvalue weighted by molar-refractivity contribution is 0.103. The van der Waals surface area contributed by atoms with Crippen molar-refractivity contribution in [1.82, 2.24) is 9.97 Å². The molecule has 3 N–H and O–H groups in total. The zero-order chi connectivity index (χ0) is 17.4. The first kappa shape index (κ1) is 15.0. The average Bonchev–Trinajstić information content (AvgIpc) is 3.10. The molecule has 2 heterocycles. The third-order valence-electron chi connectivity index (χ3n) is 4.13. The van der Waals surface area contributed by atoms with E-state index in [1.54, 1.807) is 12.1 Å². The van der Waals surface area contributed by atoms with Crippen molar-refractivity contribution in [2.24, 2.45) is 0 Å². The zero-order valence-electron chi connectivity index (χ0n) is 13.1. The van der Waals surface area contributed by atoms with Crippen LogP contribution in [0.15, 0.2) is 71.8 Å². The van der Waals surface area contributed by atoms with Gasteiger partial charge >= 0.3 is 0 Å². The molecule has 0 amide bonds. The number of rotatable bonds is 3. The standard InChI is InChI=1S/C20H14N2O3/c23-15-9-13(16-2-1-3-18-17(16)6-7-21-18)8-14(10-15)20(25)12-4-5-19(24)22-11-12/h1-11,21,23H,(H,22,24). The molecule has 0 unspecified atom stereocenters. The summed E-state index contributed by atoms with van der Waals surface area (Å²) in [7, 11) is 0. The summed E-state index contributed by atoms with van der Waals surface area (Å²) in [5, 5.41) is 11.1. The maximum absolute atomic E-state index is 12.7. The molecule has 0 aliphatic heterocycles. The molecule has 0 aliphatic carbocycles. The topological polar surface area (TPSA) is 85.9 Å². The van der Waals surface area contributed by atoms with Crippen molar-refractivity contribution in [1.29, 1.82) is 0 Å². The van der Waals surface area contributed by atoms with Crippen LogP contribution >= 0.6 is 0 Å². The molecule has 4 rings (SSSR count). The molecule has 0 radical (unpaired) electrons. The van der Waals surface area contributed by atoms with E-state index in [9.17, 15) is 14.7 Å². The van der Waals surface area contributed by atoms with Crippen LogP contribution < -0.4 is 5.56 Å². The summed E-state index contributed by atoms with van der Waals surface area (Å²) < 4.78 is 0. The molecule has 0 saturated carbocycles. The number of nitrogens with one attached hydrogen (secondary N) is 2. The second-order valence-electron chi connectivity index (χ2n) is 5.78. The Balaban J connectivity index is 1.84. The van der Waals surface area contributed by atoms with Gasteiger partial charge < -0.3 is 15.1 Å². The number of hydrogen-bond acceptors (Lipinski definition) is 3. The van der Waals surface area contributed by atoms with E-state index in [4.69, 9.17) is 0 Å². The molecule has 122 valence electrons. The fourth-order valence-corrected chi connectivity index (χ4v) is 2.95. The summed E-state index contributed by atoms with van der Waals surface area (Å²) in [6.45, 7) is 0. The molecule has 2 aromatic heterocycles. The smallest absolute Gasteiger partial charge is 0.247 e. The van der Waals surface area contributed by atoms with Crippen molar-refractivity contribution >= 4 is 16.7 Å². The van der Waals surface area contributed by atoms with Crippen LogP contribution in [0.4, 0.5) is 0 Å². The molecule has 25 heavy (non-hydrogen) atoms. The van der Waals surface area contributed by atoms with Crippen molar-refractivity contribution in [3.8, 4) is 16.9 Å². The minimum atomic E-state index is -0.271. The molecule has 0 saturated heterocycles. The monoisotopic (exact) mass is 330 g/mol. The van der Waals surface area contributed by atoms with Crippen LogP contribution in [0.2, 0.25) is 0 Å². The lowest BCUT2D eigenvalue weighted by Crippen LogP contribution is -2.08. The predicted molar refractivity (Wildman–Crippen MR) is 95.9 cm³/mol. The summed E-state index contributed by atoms with van der Waals surface area (Å²) in [5.41, 5.74) is 3.09. The van der Waals surface area contributed by atoms with Crippen LogP contribution in [0.5, 0.6) is 5.75 Å². The van der Waals surface area contributed by atoms with E-state index in [1.807, 2.05) is 30.5 Å². The molecule has 0 fully saturated rings. The number of pyridine rings is 1. The second-order valence-corrected chi connectivity index (χ2v) is 5.78. The highest BCUT2D eigenvalue weighted by atomic mass is 16.3. The zero-order valence-corrected chi connectivity index (χ0v) is 13.1. The quantitative estimate of drug-likeness (QED) is 0.503. The molecule has 5 heteroatoms. The van der Waals surface area contributed by atoms with Crippen LogP contribution in [0.1, 0.15) is 15.9 Å². The number of H-pyrrole nitrogens is 2. The maximum atomic E-state index is 12.7. The highest BCUT2D eigenvalue weighted by molar-refractivity contribution is 6.10. The van der Waals surface area contributed by atoms with Crippen LogP contribution in [0.25, 0.3) is 22.0 Å². The Kier molecular flexibility index (Phi) is 3.47. The van der Waals surface area contributed by atoms with E-state index in [2.05, 4.69) is 9.97 Å². The molecule has 0 aliphatic rings. The van der Waals surface area contributed by atoms with Crippen molar-refractivity contribution < 1.29 is 9.90 Å². The van der Waals surface area contributed by atoms with E-state index >= 15 is 0 Å². The minimum Gasteiger partial charge on any atom is -0.508 e. The third kappa shape index (κ3) is 2.72. The molecular weight excluding hydrogens is 316 g/mol. The van der Waals surface area contributed by atoms with Gasteiger partial charge in [0.2, 0.25) is 5.56 Å². The number of fused-ring (bicyclic) bond motifs is 1. The number of phenols is 1. The Labute approximate surface area is 142 Å². The number of hydrogen-bond donors (Lipinski definition) is 3. The minimum absolute atomic E-state index is 0.0119. The highest BCUT2D eigenvalue weighted by Crippen LogP contribution is 2.31. The number of ketones is 1. The van der Waals surface area contributed by atoms with Crippen LogP contribution in [-0.2, 0) is 0 Å². The van der Waals surface area contributed by atoms with Gasteiger partial charge in [0.05, 0.1) is 0 Å². The van der Waals surface area contributed by atoms with Gasteiger partial charge in [-0.1, -0.05) is 12.1 Å². The Morgan fingerprint density at radius 3 is 2.60 bits per heavy atom. The number of phenolic OH excluding ortho intramolecular Hbond substituents is 1. The van der Waals surface area contributed by atoms with Crippen LogP contribution in [0, 0.1) is 0 Å². The molecule has 5 nitrogen and oxygen atoms in total. The second kappa shape index (κ2) is 5.79. The Hall–Kier alpha value is -3.60. The number of aromatic amines is 2. The van der Waals surface area contributed by atoms with Gasteiger partial charge in [0.25, 0.3) is 0 Å². The van der Waals surface area contributed by atoms with Gasteiger partial charge in [0, 0.05) is 40.5 Å². The van der Waals surface area contributed by atoms with Gasteiger partial charge in [-0.25, -0.2) is 0 Å². The normalized spacial score (nSPS) is 10.9. The van der Waals surface area contributed by atoms with Gasteiger partial charge in [-0.15, -0.1) is 0 Å². The molecule has 0 spiro atoms. The Bertz CT molecular complexity index is 1130. The van der Waals surface area contributed by atoms with Crippen molar-refractivity contribution in [2.75, 3.05) is 0 Å². The van der Waals surface area contributed by atoms with Crippen LogP contribution in [0.3, 0.4) is 0 Å². The van der Waals surface area contributed by atoms with Gasteiger partial charge in [-0.05, 0) is 47.5 Å².